The standard InChI is InChI=1S/C23H28FNO2/c1-17-5-4-6-19(15-17)22(2,3)16-25-21(26)23(11-13-27-14-12-23)18-7-9-20(24)10-8-18/h4-10,15H,11-14,16H2,1-3H3,(H,25,26). The van der Waals surface area contributed by atoms with E-state index in [0.717, 1.165) is 5.56 Å². The lowest BCUT2D eigenvalue weighted by Gasteiger charge is -2.37. The molecule has 0 aliphatic carbocycles. The molecule has 0 bridgehead atoms. The number of nitrogens with one attached hydrogen (secondary N) is 1. The van der Waals surface area contributed by atoms with E-state index >= 15 is 0 Å². The molecule has 1 N–H and O–H groups in total. The average molecular weight is 369 g/mol. The van der Waals surface area contributed by atoms with Gasteiger partial charge in [0.2, 0.25) is 5.91 Å². The molecule has 144 valence electrons. The maximum absolute atomic E-state index is 13.4. The van der Waals surface area contributed by atoms with Crippen LogP contribution in [0.4, 0.5) is 4.39 Å². The number of ether oxygens (including phenoxy) is 1. The fourth-order valence-corrected chi connectivity index (χ4v) is 3.77. The highest BCUT2D eigenvalue weighted by Gasteiger charge is 2.42. The minimum Gasteiger partial charge on any atom is -0.381 e. The number of halogens is 1. The van der Waals surface area contributed by atoms with Gasteiger partial charge in [-0.05, 0) is 43.0 Å². The van der Waals surface area contributed by atoms with Crippen LogP contribution in [0.2, 0.25) is 0 Å². The lowest BCUT2D eigenvalue weighted by molar-refractivity contribution is -0.130. The monoisotopic (exact) mass is 369 g/mol. The minimum absolute atomic E-state index is 0.00173. The molecular formula is C23H28FNO2. The highest BCUT2D eigenvalue weighted by Crippen LogP contribution is 2.35. The van der Waals surface area contributed by atoms with Crippen molar-refractivity contribution < 1.29 is 13.9 Å². The maximum Gasteiger partial charge on any atom is 0.230 e. The van der Waals surface area contributed by atoms with Crippen LogP contribution in [0.15, 0.2) is 48.5 Å². The molecule has 1 aliphatic rings. The van der Waals surface area contributed by atoms with E-state index in [1.165, 1.54) is 23.3 Å². The Morgan fingerprint density at radius 1 is 1.15 bits per heavy atom. The van der Waals surface area contributed by atoms with Gasteiger partial charge < -0.3 is 10.1 Å². The van der Waals surface area contributed by atoms with Crippen LogP contribution in [0, 0.1) is 12.7 Å². The summed E-state index contributed by atoms with van der Waals surface area (Å²) in [6.45, 7) is 7.95. The van der Waals surface area contributed by atoms with Crippen LogP contribution in [0.5, 0.6) is 0 Å². The molecule has 0 atom stereocenters. The normalized spacial score (nSPS) is 16.7. The molecule has 0 unspecified atom stereocenters. The van der Waals surface area contributed by atoms with E-state index in [-0.39, 0.29) is 17.1 Å². The summed E-state index contributed by atoms with van der Waals surface area (Å²) in [5.41, 5.74) is 2.42. The predicted octanol–water partition coefficient (Wildman–Crippen LogP) is 4.28. The van der Waals surface area contributed by atoms with Gasteiger partial charge in [-0.2, -0.15) is 0 Å². The van der Waals surface area contributed by atoms with Crippen molar-refractivity contribution in [3.63, 3.8) is 0 Å². The average Bonchev–Trinajstić information content (AvgIpc) is 2.67. The molecule has 4 heteroatoms. The molecule has 0 radical (unpaired) electrons. The molecule has 1 aliphatic heterocycles. The van der Waals surface area contributed by atoms with Gasteiger partial charge in [-0.15, -0.1) is 0 Å². The number of hydrogen-bond acceptors (Lipinski definition) is 2. The molecule has 0 spiro atoms. The summed E-state index contributed by atoms with van der Waals surface area (Å²) in [5, 5.41) is 3.18. The van der Waals surface area contributed by atoms with Crippen molar-refractivity contribution >= 4 is 5.91 Å². The summed E-state index contributed by atoms with van der Waals surface area (Å²) in [7, 11) is 0. The molecule has 1 saturated heterocycles. The van der Waals surface area contributed by atoms with Crippen molar-refractivity contribution in [1.29, 1.82) is 0 Å². The van der Waals surface area contributed by atoms with Gasteiger partial charge in [0.25, 0.3) is 0 Å². The molecule has 1 heterocycles. The molecular weight excluding hydrogens is 341 g/mol. The molecule has 3 rings (SSSR count). The topological polar surface area (TPSA) is 38.3 Å². The Hall–Kier alpha value is -2.20. The summed E-state index contributed by atoms with van der Waals surface area (Å²) in [6, 6.07) is 14.7. The maximum atomic E-state index is 13.4. The van der Waals surface area contributed by atoms with E-state index in [9.17, 15) is 9.18 Å². The molecule has 1 fully saturated rings. The van der Waals surface area contributed by atoms with Crippen molar-refractivity contribution in [2.75, 3.05) is 19.8 Å². The highest BCUT2D eigenvalue weighted by molar-refractivity contribution is 5.88. The predicted molar refractivity (Wildman–Crippen MR) is 105 cm³/mol. The van der Waals surface area contributed by atoms with Crippen molar-refractivity contribution in [3.8, 4) is 0 Å². The number of amides is 1. The number of rotatable bonds is 5. The van der Waals surface area contributed by atoms with Crippen LogP contribution in [0.3, 0.4) is 0 Å². The van der Waals surface area contributed by atoms with Crippen LogP contribution < -0.4 is 5.32 Å². The zero-order chi connectivity index (χ0) is 19.5. The first-order chi connectivity index (χ1) is 12.8. The van der Waals surface area contributed by atoms with E-state index in [0.29, 0.717) is 32.6 Å². The van der Waals surface area contributed by atoms with Gasteiger partial charge in [-0.3, -0.25) is 4.79 Å². The second kappa shape index (κ2) is 7.81. The van der Waals surface area contributed by atoms with E-state index < -0.39 is 5.41 Å². The Morgan fingerprint density at radius 3 is 2.44 bits per heavy atom. The Balaban J connectivity index is 1.80. The number of benzene rings is 2. The molecule has 0 saturated carbocycles. The second-order valence-corrected chi connectivity index (χ2v) is 8.14. The van der Waals surface area contributed by atoms with Gasteiger partial charge in [-0.1, -0.05) is 55.8 Å². The third-order valence-corrected chi connectivity index (χ3v) is 5.67. The molecule has 2 aromatic rings. The fourth-order valence-electron chi connectivity index (χ4n) is 3.77. The van der Waals surface area contributed by atoms with E-state index in [2.05, 4.69) is 44.3 Å². The van der Waals surface area contributed by atoms with Gasteiger partial charge in [-0.25, -0.2) is 4.39 Å². The van der Waals surface area contributed by atoms with E-state index in [1.807, 2.05) is 6.07 Å². The van der Waals surface area contributed by atoms with Crippen molar-refractivity contribution in [2.45, 2.75) is 44.4 Å². The lowest BCUT2D eigenvalue weighted by Crippen LogP contribution is -2.50. The summed E-state index contributed by atoms with van der Waals surface area (Å²) in [4.78, 5) is 13.3. The molecule has 0 aromatic heterocycles. The van der Waals surface area contributed by atoms with E-state index in [1.54, 1.807) is 12.1 Å². The van der Waals surface area contributed by atoms with Crippen LogP contribution >= 0.6 is 0 Å². The lowest BCUT2D eigenvalue weighted by atomic mass is 9.73. The van der Waals surface area contributed by atoms with Crippen LogP contribution in [0.25, 0.3) is 0 Å². The van der Waals surface area contributed by atoms with Gasteiger partial charge >= 0.3 is 0 Å². The summed E-state index contributed by atoms with van der Waals surface area (Å²) in [5.74, 6) is -0.292. The third-order valence-electron chi connectivity index (χ3n) is 5.67. The fraction of sp³-hybridized carbons (Fsp3) is 0.435. The highest BCUT2D eigenvalue weighted by atomic mass is 19.1. The Kier molecular flexibility index (Phi) is 5.66. The van der Waals surface area contributed by atoms with Gasteiger partial charge in [0.05, 0.1) is 5.41 Å². The zero-order valence-corrected chi connectivity index (χ0v) is 16.3. The SMILES string of the molecule is Cc1cccc(C(C)(C)CNC(=O)C2(c3ccc(F)cc3)CCOCC2)c1. The first-order valence-electron chi connectivity index (χ1n) is 9.53. The summed E-state index contributed by atoms with van der Waals surface area (Å²) in [6.07, 6.45) is 1.21. The molecule has 27 heavy (non-hydrogen) atoms. The first-order valence-corrected chi connectivity index (χ1v) is 9.53. The van der Waals surface area contributed by atoms with Gasteiger partial charge in [0.15, 0.2) is 0 Å². The van der Waals surface area contributed by atoms with Crippen LogP contribution in [-0.2, 0) is 20.4 Å². The Morgan fingerprint density at radius 2 is 1.81 bits per heavy atom. The van der Waals surface area contributed by atoms with Crippen LogP contribution in [0.1, 0.15) is 43.4 Å². The van der Waals surface area contributed by atoms with E-state index in [4.69, 9.17) is 4.74 Å². The third kappa shape index (κ3) is 4.22. The number of carbonyl (C=O) groups is 1. The van der Waals surface area contributed by atoms with Crippen molar-refractivity contribution in [3.05, 3.63) is 71.0 Å². The molecule has 3 nitrogen and oxygen atoms in total. The van der Waals surface area contributed by atoms with Gasteiger partial charge in [0, 0.05) is 25.2 Å². The second-order valence-electron chi connectivity index (χ2n) is 8.14. The smallest absolute Gasteiger partial charge is 0.230 e. The Labute approximate surface area is 160 Å². The quantitative estimate of drug-likeness (QED) is 0.854. The van der Waals surface area contributed by atoms with Crippen molar-refractivity contribution in [1.82, 2.24) is 5.32 Å². The molecule has 2 aromatic carbocycles. The van der Waals surface area contributed by atoms with Crippen LogP contribution in [-0.4, -0.2) is 25.7 Å². The number of hydrogen-bond donors (Lipinski definition) is 1. The largest absolute Gasteiger partial charge is 0.381 e. The molecule has 1 amide bonds. The van der Waals surface area contributed by atoms with Gasteiger partial charge in [0.1, 0.15) is 5.82 Å². The zero-order valence-electron chi connectivity index (χ0n) is 16.3. The Bertz CT molecular complexity index is 792. The number of aryl methyl sites for hydroxylation is 1. The first kappa shape index (κ1) is 19.6. The van der Waals surface area contributed by atoms with Crippen molar-refractivity contribution in [2.24, 2.45) is 0 Å². The minimum atomic E-state index is -0.658. The number of carbonyl (C=O) groups excluding carboxylic acids is 1. The summed E-state index contributed by atoms with van der Waals surface area (Å²) < 4.78 is 18.9. The summed E-state index contributed by atoms with van der Waals surface area (Å²) >= 11 is 0.